The molecule has 2 N–H and O–H groups in total. The van der Waals surface area contributed by atoms with Gasteiger partial charge in [-0.2, -0.15) is 4.98 Å². The first-order chi connectivity index (χ1) is 8.76. The van der Waals surface area contributed by atoms with Crippen LogP contribution >= 0.6 is 0 Å². The molecule has 1 aromatic heterocycles. The van der Waals surface area contributed by atoms with Crippen LogP contribution in [0.5, 0.6) is 5.88 Å². The molecule has 2 heterocycles. The Kier molecular flexibility index (Phi) is 4.36. The van der Waals surface area contributed by atoms with Gasteiger partial charge in [0.25, 0.3) is 0 Å². The number of hydrogen-bond acceptors (Lipinski definition) is 5. The van der Waals surface area contributed by atoms with Gasteiger partial charge in [0, 0.05) is 30.9 Å². The molecule has 0 bridgehead atoms. The largest absolute Gasteiger partial charge is 0.478 e. The van der Waals surface area contributed by atoms with Crippen molar-refractivity contribution in [1.82, 2.24) is 9.97 Å². The molecule has 18 heavy (non-hydrogen) atoms. The third-order valence-corrected chi connectivity index (χ3v) is 3.44. The smallest absolute Gasteiger partial charge is 0.229 e. The quantitative estimate of drug-likeness (QED) is 0.879. The minimum absolute atomic E-state index is 0.339. The minimum Gasteiger partial charge on any atom is -0.478 e. The lowest BCUT2D eigenvalue weighted by Crippen LogP contribution is -2.49. The molecule has 0 amide bonds. The molecule has 5 nitrogen and oxygen atoms in total. The second-order valence-electron chi connectivity index (χ2n) is 4.70. The molecular weight excluding hydrogens is 228 g/mol. The maximum Gasteiger partial charge on any atom is 0.229 e. The number of nitrogens with two attached hydrogens (primary N) is 1. The fourth-order valence-corrected chi connectivity index (χ4v) is 2.56. The van der Waals surface area contributed by atoms with E-state index in [1.165, 1.54) is 12.8 Å². The van der Waals surface area contributed by atoms with Gasteiger partial charge in [0.05, 0.1) is 6.61 Å². The van der Waals surface area contributed by atoms with Crippen LogP contribution in [-0.2, 0) is 0 Å². The molecule has 0 spiro atoms. The number of rotatable bonds is 4. The number of ether oxygens (including phenoxy) is 1. The Morgan fingerprint density at radius 2 is 2.33 bits per heavy atom. The first-order valence-corrected chi connectivity index (χ1v) is 6.70. The molecule has 100 valence electrons. The van der Waals surface area contributed by atoms with E-state index in [0.29, 0.717) is 31.1 Å². The molecule has 0 saturated carbocycles. The van der Waals surface area contributed by atoms with Crippen molar-refractivity contribution in [1.29, 1.82) is 0 Å². The van der Waals surface area contributed by atoms with E-state index in [9.17, 15) is 0 Å². The SMILES string of the molecule is CCOc1ccnc(N2C(C)CCCC2CN)n1. The highest BCUT2D eigenvalue weighted by molar-refractivity contribution is 5.36. The summed E-state index contributed by atoms with van der Waals surface area (Å²) in [6.07, 6.45) is 5.26. The number of hydrogen-bond donors (Lipinski definition) is 1. The molecule has 1 aliphatic heterocycles. The van der Waals surface area contributed by atoms with Gasteiger partial charge in [-0.25, -0.2) is 4.98 Å². The number of anilines is 1. The summed E-state index contributed by atoms with van der Waals surface area (Å²) < 4.78 is 5.43. The summed E-state index contributed by atoms with van der Waals surface area (Å²) in [6.45, 7) is 5.42. The molecule has 0 radical (unpaired) electrons. The van der Waals surface area contributed by atoms with Gasteiger partial charge < -0.3 is 15.4 Å². The van der Waals surface area contributed by atoms with Crippen molar-refractivity contribution in [2.45, 2.75) is 45.2 Å². The number of aromatic nitrogens is 2. The van der Waals surface area contributed by atoms with E-state index in [1.54, 1.807) is 12.3 Å². The first kappa shape index (κ1) is 13.1. The van der Waals surface area contributed by atoms with Crippen LogP contribution in [0, 0.1) is 0 Å². The summed E-state index contributed by atoms with van der Waals surface area (Å²) in [5, 5.41) is 0. The molecule has 1 aliphatic rings. The van der Waals surface area contributed by atoms with Crippen LogP contribution in [0.1, 0.15) is 33.1 Å². The van der Waals surface area contributed by atoms with E-state index in [-0.39, 0.29) is 0 Å². The molecule has 1 saturated heterocycles. The molecule has 0 aromatic carbocycles. The predicted molar refractivity (Wildman–Crippen MR) is 71.8 cm³/mol. The van der Waals surface area contributed by atoms with Crippen LogP contribution in [0.25, 0.3) is 0 Å². The van der Waals surface area contributed by atoms with E-state index in [0.717, 1.165) is 12.4 Å². The van der Waals surface area contributed by atoms with Crippen LogP contribution in [0.2, 0.25) is 0 Å². The Balaban J connectivity index is 2.23. The van der Waals surface area contributed by atoms with E-state index in [1.807, 2.05) is 6.92 Å². The third-order valence-electron chi connectivity index (χ3n) is 3.44. The lowest BCUT2D eigenvalue weighted by Gasteiger charge is -2.40. The van der Waals surface area contributed by atoms with E-state index in [4.69, 9.17) is 10.5 Å². The summed E-state index contributed by atoms with van der Waals surface area (Å²) >= 11 is 0. The summed E-state index contributed by atoms with van der Waals surface area (Å²) in [5.74, 6) is 1.37. The van der Waals surface area contributed by atoms with Gasteiger partial charge >= 0.3 is 0 Å². The highest BCUT2D eigenvalue weighted by Gasteiger charge is 2.29. The molecule has 0 aliphatic carbocycles. The Morgan fingerprint density at radius 1 is 1.50 bits per heavy atom. The molecule has 1 aromatic rings. The molecule has 2 unspecified atom stereocenters. The second-order valence-corrected chi connectivity index (χ2v) is 4.70. The number of nitrogens with zero attached hydrogens (tertiary/aromatic N) is 3. The lowest BCUT2D eigenvalue weighted by atomic mass is 9.97. The average molecular weight is 250 g/mol. The van der Waals surface area contributed by atoms with Crippen LogP contribution in [0.4, 0.5) is 5.95 Å². The average Bonchev–Trinajstić information content (AvgIpc) is 2.39. The number of piperidine rings is 1. The van der Waals surface area contributed by atoms with Gasteiger partial charge in [-0.15, -0.1) is 0 Å². The Bertz CT molecular complexity index is 385. The van der Waals surface area contributed by atoms with Crippen molar-refractivity contribution < 1.29 is 4.74 Å². The summed E-state index contributed by atoms with van der Waals surface area (Å²) in [6, 6.07) is 2.56. The van der Waals surface area contributed by atoms with Crippen LogP contribution in [-0.4, -0.2) is 35.2 Å². The topological polar surface area (TPSA) is 64.3 Å². The second kappa shape index (κ2) is 6.00. The third kappa shape index (κ3) is 2.72. The Morgan fingerprint density at radius 3 is 3.06 bits per heavy atom. The van der Waals surface area contributed by atoms with E-state index in [2.05, 4.69) is 21.8 Å². The van der Waals surface area contributed by atoms with Crippen molar-refractivity contribution in [3.63, 3.8) is 0 Å². The summed E-state index contributed by atoms with van der Waals surface area (Å²) in [4.78, 5) is 11.1. The predicted octanol–water partition coefficient (Wildman–Crippen LogP) is 1.58. The maximum absolute atomic E-state index is 5.86. The van der Waals surface area contributed by atoms with E-state index >= 15 is 0 Å². The molecule has 5 heteroatoms. The highest BCUT2D eigenvalue weighted by atomic mass is 16.5. The monoisotopic (exact) mass is 250 g/mol. The molecule has 1 fully saturated rings. The van der Waals surface area contributed by atoms with Gasteiger partial charge in [-0.1, -0.05) is 0 Å². The lowest BCUT2D eigenvalue weighted by molar-refractivity contribution is 0.324. The Labute approximate surface area is 108 Å². The van der Waals surface area contributed by atoms with Gasteiger partial charge in [-0.05, 0) is 33.1 Å². The van der Waals surface area contributed by atoms with Gasteiger partial charge in [0.15, 0.2) is 0 Å². The van der Waals surface area contributed by atoms with E-state index < -0.39 is 0 Å². The van der Waals surface area contributed by atoms with Crippen molar-refractivity contribution in [2.24, 2.45) is 5.73 Å². The molecule has 2 rings (SSSR count). The normalized spacial score (nSPS) is 24.1. The van der Waals surface area contributed by atoms with Crippen molar-refractivity contribution >= 4 is 5.95 Å². The molecular formula is C13H22N4O. The van der Waals surface area contributed by atoms with Crippen molar-refractivity contribution in [2.75, 3.05) is 18.1 Å². The van der Waals surface area contributed by atoms with Crippen molar-refractivity contribution in [3.8, 4) is 5.88 Å². The van der Waals surface area contributed by atoms with Crippen LogP contribution < -0.4 is 15.4 Å². The van der Waals surface area contributed by atoms with Crippen molar-refractivity contribution in [3.05, 3.63) is 12.3 Å². The molecule has 2 atom stereocenters. The minimum atomic E-state index is 0.339. The first-order valence-electron chi connectivity index (χ1n) is 6.70. The Hall–Kier alpha value is -1.36. The standard InChI is InChI=1S/C13H22N4O/c1-3-18-12-7-8-15-13(16-12)17-10(2)5-4-6-11(17)9-14/h7-8,10-11H,3-6,9,14H2,1-2H3. The van der Waals surface area contributed by atoms with Gasteiger partial charge in [-0.3, -0.25) is 0 Å². The fraction of sp³-hybridized carbons (Fsp3) is 0.692. The zero-order chi connectivity index (χ0) is 13.0. The van der Waals surface area contributed by atoms with Gasteiger partial charge in [0.2, 0.25) is 11.8 Å². The fourth-order valence-electron chi connectivity index (χ4n) is 2.56. The van der Waals surface area contributed by atoms with Crippen LogP contribution in [0.15, 0.2) is 12.3 Å². The van der Waals surface area contributed by atoms with Gasteiger partial charge in [0.1, 0.15) is 0 Å². The maximum atomic E-state index is 5.86. The van der Waals surface area contributed by atoms with Crippen LogP contribution in [0.3, 0.4) is 0 Å². The highest BCUT2D eigenvalue weighted by Crippen LogP contribution is 2.27. The summed E-state index contributed by atoms with van der Waals surface area (Å²) in [7, 11) is 0. The summed E-state index contributed by atoms with van der Waals surface area (Å²) in [5.41, 5.74) is 5.86. The zero-order valence-electron chi connectivity index (χ0n) is 11.2. The zero-order valence-corrected chi connectivity index (χ0v) is 11.2.